The zero-order valence-corrected chi connectivity index (χ0v) is 16.5. The summed E-state index contributed by atoms with van der Waals surface area (Å²) < 4.78 is 23.3. The van der Waals surface area contributed by atoms with Gasteiger partial charge in [0.05, 0.1) is 11.2 Å². The Balaban J connectivity index is 2.18. The van der Waals surface area contributed by atoms with Crippen LogP contribution in [0.15, 0.2) is 29.6 Å². The third-order valence-corrected chi connectivity index (χ3v) is 5.84. The quantitative estimate of drug-likeness (QED) is 0.440. The van der Waals surface area contributed by atoms with Crippen LogP contribution in [-0.2, 0) is 14.0 Å². The molecule has 1 aromatic carbocycles. The smallest absolute Gasteiger partial charge is 0.467 e. The summed E-state index contributed by atoms with van der Waals surface area (Å²) in [7, 11) is 0.906. The molecule has 0 bridgehead atoms. The van der Waals surface area contributed by atoms with Gasteiger partial charge in [-0.1, -0.05) is 6.07 Å². The van der Waals surface area contributed by atoms with Crippen molar-refractivity contribution in [3.63, 3.8) is 0 Å². The van der Waals surface area contributed by atoms with Crippen molar-refractivity contribution in [2.45, 2.75) is 38.9 Å². The lowest BCUT2D eigenvalue weighted by Crippen LogP contribution is -2.41. The van der Waals surface area contributed by atoms with Crippen LogP contribution in [0.5, 0.6) is 5.75 Å². The lowest BCUT2D eigenvalue weighted by atomic mass is 9.72. The Kier molecular flexibility index (Phi) is 5.26. The second-order valence-corrected chi connectivity index (χ2v) is 8.12. The zero-order chi connectivity index (χ0) is 18.9. The van der Waals surface area contributed by atoms with E-state index in [-0.39, 0.29) is 6.79 Å². The molecule has 0 radical (unpaired) electrons. The Bertz CT molecular complexity index is 769. The maximum absolute atomic E-state index is 11.8. The minimum atomic E-state index is -0.664. The van der Waals surface area contributed by atoms with Crippen molar-refractivity contribution < 1.29 is 23.6 Å². The molecular weight excluding hydrogens is 351 g/mol. The van der Waals surface area contributed by atoms with Gasteiger partial charge in [-0.2, -0.15) is 0 Å². The Morgan fingerprint density at radius 3 is 2.38 bits per heavy atom. The van der Waals surface area contributed by atoms with Crippen molar-refractivity contribution in [3.05, 3.63) is 35.2 Å². The van der Waals surface area contributed by atoms with Crippen molar-refractivity contribution in [2.24, 2.45) is 0 Å². The van der Waals surface area contributed by atoms with Crippen LogP contribution in [-0.4, -0.2) is 38.5 Å². The molecule has 0 aliphatic carbocycles. The molecule has 1 aromatic heterocycles. The first-order valence-electron chi connectivity index (χ1n) is 8.44. The molecule has 1 aliphatic rings. The van der Waals surface area contributed by atoms with Crippen molar-refractivity contribution in [1.82, 2.24) is 0 Å². The molecule has 0 N–H and O–H groups in total. The Hall–Kier alpha value is -1.67. The topological polar surface area (TPSA) is 54.0 Å². The molecule has 0 amide bonds. The molecule has 0 spiro atoms. The number of rotatable bonds is 6. The van der Waals surface area contributed by atoms with Gasteiger partial charge in [-0.05, 0) is 51.3 Å². The normalized spacial score (nSPS) is 18.1. The Labute approximate surface area is 158 Å². The molecular formula is C19H23BO5S. The maximum Gasteiger partial charge on any atom is 0.496 e. The Morgan fingerprint density at radius 2 is 1.85 bits per heavy atom. The molecule has 0 unspecified atom stereocenters. The van der Waals surface area contributed by atoms with E-state index in [0.29, 0.717) is 16.8 Å². The highest BCUT2D eigenvalue weighted by molar-refractivity contribution is 7.13. The third-order valence-electron chi connectivity index (χ3n) is 4.96. The van der Waals surface area contributed by atoms with Crippen LogP contribution < -0.4 is 10.2 Å². The highest BCUT2D eigenvalue weighted by Gasteiger charge is 2.53. The number of methoxy groups -OCH3 is 1. The molecule has 7 heteroatoms. The van der Waals surface area contributed by atoms with E-state index in [1.807, 2.05) is 45.2 Å². The highest BCUT2D eigenvalue weighted by atomic mass is 32.1. The Morgan fingerprint density at radius 1 is 1.15 bits per heavy atom. The minimum absolute atomic E-state index is 0.113. The van der Waals surface area contributed by atoms with Crippen LogP contribution in [0.3, 0.4) is 0 Å². The van der Waals surface area contributed by atoms with E-state index in [0.717, 1.165) is 16.7 Å². The number of hydrogen-bond donors (Lipinski definition) is 0. The molecule has 1 aliphatic heterocycles. The van der Waals surface area contributed by atoms with Gasteiger partial charge in [0.15, 0.2) is 6.79 Å². The van der Waals surface area contributed by atoms with Crippen molar-refractivity contribution in [3.8, 4) is 16.2 Å². The molecule has 138 valence electrons. The van der Waals surface area contributed by atoms with E-state index in [1.165, 1.54) is 0 Å². The molecule has 26 heavy (non-hydrogen) atoms. The zero-order valence-electron chi connectivity index (χ0n) is 15.7. The van der Waals surface area contributed by atoms with E-state index >= 15 is 0 Å². The van der Waals surface area contributed by atoms with Gasteiger partial charge in [0, 0.05) is 28.6 Å². The predicted octanol–water partition coefficient (Wildman–Crippen LogP) is 3.51. The van der Waals surface area contributed by atoms with Crippen LogP contribution in [0.2, 0.25) is 0 Å². The molecule has 5 nitrogen and oxygen atoms in total. The monoisotopic (exact) mass is 374 g/mol. The SMILES string of the molecule is COCOc1ccc(C=O)c(B2OC(C)(C)C(C)(C)O2)c1-c1cccs1. The molecule has 1 fully saturated rings. The number of aldehydes is 1. The van der Waals surface area contributed by atoms with Gasteiger partial charge < -0.3 is 18.8 Å². The number of carbonyl (C=O) groups is 1. The van der Waals surface area contributed by atoms with Crippen LogP contribution in [0.25, 0.3) is 10.4 Å². The lowest BCUT2D eigenvalue weighted by Gasteiger charge is -2.32. The fraction of sp³-hybridized carbons (Fsp3) is 0.421. The summed E-state index contributed by atoms with van der Waals surface area (Å²) in [6.07, 6.45) is 0.831. The van der Waals surface area contributed by atoms with Crippen molar-refractivity contribution in [1.29, 1.82) is 0 Å². The molecule has 0 atom stereocenters. The van der Waals surface area contributed by atoms with Gasteiger partial charge in [0.2, 0.25) is 0 Å². The van der Waals surface area contributed by atoms with Crippen LogP contribution in [0.1, 0.15) is 38.1 Å². The average Bonchev–Trinajstić information content (AvgIpc) is 3.18. The van der Waals surface area contributed by atoms with E-state index < -0.39 is 18.3 Å². The summed E-state index contributed by atoms with van der Waals surface area (Å²) in [5.41, 5.74) is 1.01. The first-order chi connectivity index (χ1) is 12.3. The van der Waals surface area contributed by atoms with Gasteiger partial charge in [-0.3, -0.25) is 4.79 Å². The molecule has 2 aromatic rings. The molecule has 1 saturated heterocycles. The average molecular weight is 374 g/mol. The van der Waals surface area contributed by atoms with Gasteiger partial charge in [-0.25, -0.2) is 0 Å². The standard InChI is InChI=1S/C19H23BO5S/c1-18(2)19(3,4)25-20(24-18)17-13(11-21)8-9-14(23-12-22-5)16(17)15-7-6-10-26-15/h6-11H,12H2,1-5H3. The van der Waals surface area contributed by atoms with Crippen LogP contribution >= 0.6 is 11.3 Å². The van der Waals surface area contributed by atoms with Gasteiger partial charge in [0.25, 0.3) is 0 Å². The third kappa shape index (κ3) is 3.32. The summed E-state index contributed by atoms with van der Waals surface area (Å²) in [5, 5.41) is 1.98. The number of thiophene rings is 1. The first-order valence-corrected chi connectivity index (χ1v) is 9.32. The van der Waals surface area contributed by atoms with E-state index in [4.69, 9.17) is 18.8 Å². The number of carbonyl (C=O) groups excluding carboxylic acids is 1. The molecule has 2 heterocycles. The minimum Gasteiger partial charge on any atom is -0.467 e. The summed E-state index contributed by atoms with van der Waals surface area (Å²) in [4.78, 5) is 12.8. The molecule has 3 rings (SSSR count). The highest BCUT2D eigenvalue weighted by Crippen LogP contribution is 2.40. The second-order valence-electron chi connectivity index (χ2n) is 7.18. The van der Waals surface area contributed by atoms with Crippen molar-refractivity contribution in [2.75, 3.05) is 13.9 Å². The van der Waals surface area contributed by atoms with Crippen molar-refractivity contribution >= 4 is 30.2 Å². The van der Waals surface area contributed by atoms with E-state index in [2.05, 4.69) is 0 Å². The van der Waals surface area contributed by atoms with Gasteiger partial charge in [0.1, 0.15) is 12.0 Å². The van der Waals surface area contributed by atoms with Gasteiger partial charge in [-0.15, -0.1) is 11.3 Å². The lowest BCUT2D eigenvalue weighted by molar-refractivity contribution is 0.00578. The fourth-order valence-electron chi connectivity index (χ4n) is 2.85. The van der Waals surface area contributed by atoms with E-state index in [1.54, 1.807) is 30.6 Å². The number of hydrogen-bond acceptors (Lipinski definition) is 6. The second kappa shape index (κ2) is 7.16. The summed E-state index contributed by atoms with van der Waals surface area (Å²) in [6.45, 7) is 8.07. The predicted molar refractivity (Wildman–Crippen MR) is 103 cm³/mol. The summed E-state index contributed by atoms with van der Waals surface area (Å²) >= 11 is 1.57. The van der Waals surface area contributed by atoms with Crippen LogP contribution in [0.4, 0.5) is 0 Å². The van der Waals surface area contributed by atoms with Gasteiger partial charge >= 0.3 is 7.12 Å². The fourth-order valence-corrected chi connectivity index (χ4v) is 3.64. The number of ether oxygens (including phenoxy) is 2. The largest absolute Gasteiger partial charge is 0.496 e. The molecule has 0 saturated carbocycles. The number of benzene rings is 1. The van der Waals surface area contributed by atoms with Crippen LogP contribution in [0, 0.1) is 0 Å². The maximum atomic E-state index is 11.8. The van der Waals surface area contributed by atoms with E-state index in [9.17, 15) is 4.79 Å². The summed E-state index contributed by atoms with van der Waals surface area (Å²) in [6, 6.07) is 7.46. The summed E-state index contributed by atoms with van der Waals surface area (Å²) in [5.74, 6) is 0.629. The first kappa shape index (κ1) is 19.1.